The van der Waals surface area contributed by atoms with Crippen molar-refractivity contribution in [3.8, 4) is 0 Å². The smallest absolute Gasteiger partial charge is 0.0653 e. The normalized spacial score (nSPS) is 16.0. The zero-order valence-corrected chi connectivity index (χ0v) is 12.9. The van der Waals surface area contributed by atoms with Crippen molar-refractivity contribution in [3.05, 3.63) is 72.1 Å². The fourth-order valence-corrected chi connectivity index (χ4v) is 3.16. The highest BCUT2D eigenvalue weighted by molar-refractivity contribution is 5.87. The Kier molecular flexibility index (Phi) is 2.98. The van der Waals surface area contributed by atoms with Gasteiger partial charge in [0.25, 0.3) is 0 Å². The average Bonchev–Trinajstić information content (AvgIpc) is 2.65. The molecule has 0 atom stereocenters. The second kappa shape index (κ2) is 4.59. The van der Waals surface area contributed by atoms with Gasteiger partial charge >= 0.3 is 0 Å². The Labute approximate surface area is 126 Å². The highest BCUT2D eigenvalue weighted by Crippen LogP contribution is 2.47. The molecule has 1 aliphatic rings. The first-order chi connectivity index (χ1) is 9.95. The maximum Gasteiger partial charge on any atom is 0.0653 e. The lowest BCUT2D eigenvalue weighted by Gasteiger charge is -2.34. The summed E-state index contributed by atoms with van der Waals surface area (Å²) in [6, 6.07) is 8.59. The minimum absolute atomic E-state index is 0.152. The van der Waals surface area contributed by atoms with Gasteiger partial charge < -0.3 is 4.90 Å². The van der Waals surface area contributed by atoms with E-state index < -0.39 is 0 Å². The van der Waals surface area contributed by atoms with Crippen LogP contribution in [-0.4, -0.2) is 4.98 Å². The molecule has 1 aromatic heterocycles. The fraction of sp³-hybridized carbons (Fsp3) is 0.211. The van der Waals surface area contributed by atoms with E-state index in [1.807, 2.05) is 18.5 Å². The molecule has 0 fully saturated rings. The largest absolute Gasteiger partial charge is 0.330 e. The van der Waals surface area contributed by atoms with Crippen LogP contribution in [0.15, 0.2) is 49.8 Å². The van der Waals surface area contributed by atoms with Crippen molar-refractivity contribution in [1.82, 2.24) is 4.98 Å². The monoisotopic (exact) mass is 276 g/mol. The Hall–Kier alpha value is -2.35. The van der Waals surface area contributed by atoms with E-state index in [4.69, 9.17) is 0 Å². The van der Waals surface area contributed by atoms with Crippen LogP contribution >= 0.6 is 0 Å². The van der Waals surface area contributed by atoms with Crippen molar-refractivity contribution in [2.45, 2.75) is 26.3 Å². The van der Waals surface area contributed by atoms with Crippen molar-refractivity contribution in [1.29, 1.82) is 0 Å². The first-order valence-electron chi connectivity index (χ1n) is 7.13. The van der Waals surface area contributed by atoms with Gasteiger partial charge in [-0.2, -0.15) is 0 Å². The minimum Gasteiger partial charge on any atom is -0.330 e. The van der Waals surface area contributed by atoms with Gasteiger partial charge in [0, 0.05) is 17.5 Å². The van der Waals surface area contributed by atoms with Crippen LogP contribution in [0.3, 0.4) is 0 Å². The molecule has 2 heteroatoms. The molecule has 0 saturated carbocycles. The van der Waals surface area contributed by atoms with Crippen LogP contribution < -0.4 is 4.90 Å². The topological polar surface area (TPSA) is 16.1 Å². The van der Waals surface area contributed by atoms with Gasteiger partial charge in [-0.15, -0.1) is 0 Å². The number of rotatable bonds is 2. The molecule has 0 unspecified atom stereocenters. The molecule has 3 rings (SSSR count). The summed E-state index contributed by atoms with van der Waals surface area (Å²) in [5.41, 5.74) is 6.73. The molecule has 21 heavy (non-hydrogen) atoms. The average molecular weight is 276 g/mol. The van der Waals surface area contributed by atoms with Gasteiger partial charge in [-0.1, -0.05) is 31.4 Å². The number of anilines is 1. The molecule has 0 radical (unpaired) electrons. The predicted molar refractivity (Wildman–Crippen MR) is 90.0 cm³/mol. The molecule has 1 aliphatic heterocycles. The Balaban J connectivity index is 2.18. The third-order valence-corrected chi connectivity index (χ3v) is 4.20. The summed E-state index contributed by atoms with van der Waals surface area (Å²) < 4.78 is 0. The molecule has 0 bridgehead atoms. The van der Waals surface area contributed by atoms with Crippen molar-refractivity contribution in [2.75, 3.05) is 4.90 Å². The molecule has 2 aromatic rings. The van der Waals surface area contributed by atoms with E-state index in [-0.39, 0.29) is 5.54 Å². The molecule has 0 aliphatic carbocycles. The summed E-state index contributed by atoms with van der Waals surface area (Å²) >= 11 is 0. The predicted octanol–water partition coefficient (Wildman–Crippen LogP) is 4.76. The number of hydrogen-bond acceptors (Lipinski definition) is 2. The SMILES string of the molecule is C=Cc1ccc2c(c1)C(C)(C)N(c1cncc(C)c1)C2=C. The number of aryl methyl sites for hydroxylation is 1. The summed E-state index contributed by atoms with van der Waals surface area (Å²) in [6.45, 7) is 14.7. The van der Waals surface area contributed by atoms with Crippen LogP contribution in [0, 0.1) is 6.92 Å². The van der Waals surface area contributed by atoms with E-state index >= 15 is 0 Å². The van der Waals surface area contributed by atoms with Crippen LogP contribution in [0.2, 0.25) is 0 Å². The fourth-order valence-electron chi connectivity index (χ4n) is 3.16. The summed E-state index contributed by atoms with van der Waals surface area (Å²) in [7, 11) is 0. The van der Waals surface area contributed by atoms with Crippen molar-refractivity contribution in [2.24, 2.45) is 0 Å². The molecular weight excluding hydrogens is 256 g/mol. The second-order valence-corrected chi connectivity index (χ2v) is 6.07. The van der Waals surface area contributed by atoms with Crippen molar-refractivity contribution >= 4 is 17.5 Å². The van der Waals surface area contributed by atoms with Gasteiger partial charge in [-0.05, 0) is 49.6 Å². The third-order valence-electron chi connectivity index (χ3n) is 4.20. The van der Waals surface area contributed by atoms with Gasteiger partial charge in [-0.25, -0.2) is 0 Å². The highest BCUT2D eigenvalue weighted by atomic mass is 15.2. The molecule has 0 saturated heterocycles. The first kappa shape index (κ1) is 13.6. The lowest BCUT2D eigenvalue weighted by molar-refractivity contribution is 0.559. The molecule has 2 heterocycles. The molecular formula is C19H20N2. The minimum atomic E-state index is -0.152. The van der Waals surface area contributed by atoms with Crippen LogP contribution in [-0.2, 0) is 5.54 Å². The van der Waals surface area contributed by atoms with Gasteiger partial charge in [-0.3, -0.25) is 4.98 Å². The lowest BCUT2D eigenvalue weighted by Crippen LogP contribution is -2.34. The number of aromatic nitrogens is 1. The Morgan fingerprint density at radius 1 is 1.19 bits per heavy atom. The molecule has 0 N–H and O–H groups in total. The highest BCUT2D eigenvalue weighted by Gasteiger charge is 2.40. The Morgan fingerprint density at radius 2 is 1.95 bits per heavy atom. The van der Waals surface area contributed by atoms with E-state index in [2.05, 4.69) is 68.1 Å². The zero-order chi connectivity index (χ0) is 15.2. The van der Waals surface area contributed by atoms with Crippen LogP contribution in [0.25, 0.3) is 11.8 Å². The van der Waals surface area contributed by atoms with Crippen molar-refractivity contribution < 1.29 is 0 Å². The van der Waals surface area contributed by atoms with E-state index in [0.717, 1.165) is 22.5 Å². The molecule has 2 nitrogen and oxygen atoms in total. The maximum atomic E-state index is 4.33. The molecule has 106 valence electrons. The van der Waals surface area contributed by atoms with Gasteiger partial charge in [0.1, 0.15) is 0 Å². The maximum absolute atomic E-state index is 4.33. The number of fused-ring (bicyclic) bond motifs is 1. The van der Waals surface area contributed by atoms with E-state index in [1.54, 1.807) is 0 Å². The summed E-state index contributed by atoms with van der Waals surface area (Å²) in [4.78, 5) is 6.59. The van der Waals surface area contributed by atoms with E-state index in [1.165, 1.54) is 11.1 Å². The number of pyridine rings is 1. The van der Waals surface area contributed by atoms with Crippen LogP contribution in [0.4, 0.5) is 5.69 Å². The summed E-state index contributed by atoms with van der Waals surface area (Å²) in [6.07, 6.45) is 5.66. The lowest BCUT2D eigenvalue weighted by atomic mass is 9.92. The molecule has 1 aromatic carbocycles. The Bertz CT molecular complexity index is 741. The molecule has 0 amide bonds. The number of hydrogen-bond donors (Lipinski definition) is 0. The number of benzene rings is 1. The van der Waals surface area contributed by atoms with Crippen LogP contribution in [0.1, 0.15) is 36.1 Å². The van der Waals surface area contributed by atoms with E-state index in [0.29, 0.717) is 0 Å². The molecule has 0 spiro atoms. The number of nitrogens with zero attached hydrogens (tertiary/aromatic N) is 2. The standard InChI is InChI=1S/C19H20N2/c1-6-15-7-8-17-14(3)21(19(4,5)18(17)10-15)16-9-13(2)11-20-12-16/h6-12H,1,3H2,2,4-5H3. The quantitative estimate of drug-likeness (QED) is 0.786. The third kappa shape index (κ3) is 1.99. The van der Waals surface area contributed by atoms with Crippen LogP contribution in [0.5, 0.6) is 0 Å². The van der Waals surface area contributed by atoms with Gasteiger partial charge in [0.15, 0.2) is 0 Å². The summed E-state index contributed by atoms with van der Waals surface area (Å²) in [5.74, 6) is 0. The Morgan fingerprint density at radius 3 is 2.62 bits per heavy atom. The second-order valence-electron chi connectivity index (χ2n) is 6.07. The summed E-state index contributed by atoms with van der Waals surface area (Å²) in [5, 5.41) is 0. The van der Waals surface area contributed by atoms with Crippen molar-refractivity contribution in [3.63, 3.8) is 0 Å². The van der Waals surface area contributed by atoms with Gasteiger partial charge in [0.2, 0.25) is 0 Å². The first-order valence-corrected chi connectivity index (χ1v) is 7.13. The van der Waals surface area contributed by atoms with Gasteiger partial charge in [0.05, 0.1) is 17.4 Å². The van der Waals surface area contributed by atoms with E-state index in [9.17, 15) is 0 Å². The zero-order valence-electron chi connectivity index (χ0n) is 12.9.